The quantitative estimate of drug-likeness (QED) is 0.816. The van der Waals surface area contributed by atoms with E-state index in [2.05, 4.69) is 22.2 Å². The lowest BCUT2D eigenvalue weighted by atomic mass is 9.97. The van der Waals surface area contributed by atoms with Crippen LogP contribution in [0, 0.1) is 5.92 Å². The highest BCUT2D eigenvalue weighted by Crippen LogP contribution is 2.17. The van der Waals surface area contributed by atoms with Gasteiger partial charge in [-0.05, 0) is 51.9 Å². The molecule has 25 heavy (non-hydrogen) atoms. The van der Waals surface area contributed by atoms with Gasteiger partial charge in [0.1, 0.15) is 5.52 Å². The Labute approximate surface area is 147 Å². The highest BCUT2D eigenvalue weighted by Gasteiger charge is 2.19. The first-order valence-electron chi connectivity index (χ1n) is 8.88. The van der Waals surface area contributed by atoms with Gasteiger partial charge in [-0.3, -0.25) is 9.59 Å². The second-order valence-corrected chi connectivity index (χ2v) is 6.79. The number of aromatic amines is 1. The van der Waals surface area contributed by atoms with E-state index in [0.717, 1.165) is 25.9 Å². The van der Waals surface area contributed by atoms with Gasteiger partial charge in [-0.1, -0.05) is 12.2 Å². The van der Waals surface area contributed by atoms with Crippen LogP contribution >= 0.6 is 0 Å². The summed E-state index contributed by atoms with van der Waals surface area (Å²) in [7, 11) is 2.13. The summed E-state index contributed by atoms with van der Waals surface area (Å²) in [5, 5.41) is 3.75. The van der Waals surface area contributed by atoms with Crippen LogP contribution in [0.5, 0.6) is 0 Å². The molecule has 1 aliphatic heterocycles. The summed E-state index contributed by atoms with van der Waals surface area (Å²) in [5.74, 6) is 0.411. The number of piperidine rings is 1. The molecule has 6 nitrogen and oxygen atoms in total. The Kier molecular flexibility index (Phi) is 5.38. The summed E-state index contributed by atoms with van der Waals surface area (Å²) in [4.78, 5) is 30.5. The second-order valence-electron chi connectivity index (χ2n) is 6.79. The maximum atomic E-state index is 12.7. The zero-order valence-corrected chi connectivity index (χ0v) is 14.9. The topological polar surface area (TPSA) is 70.1 Å². The van der Waals surface area contributed by atoms with Gasteiger partial charge in [0, 0.05) is 30.9 Å². The van der Waals surface area contributed by atoms with Gasteiger partial charge in [-0.15, -0.1) is 0 Å². The molecule has 1 fully saturated rings. The number of aromatic nitrogens is 2. The van der Waals surface area contributed by atoms with E-state index < -0.39 is 0 Å². The van der Waals surface area contributed by atoms with Crippen LogP contribution in [0.15, 0.2) is 35.4 Å². The fourth-order valence-corrected chi connectivity index (χ4v) is 3.33. The number of allylic oxidation sites excluding steroid dienone is 2. The van der Waals surface area contributed by atoms with Crippen molar-refractivity contribution in [3.63, 3.8) is 0 Å². The molecular weight excluding hydrogens is 316 g/mol. The standard InChI is InChI=1S/C19H26N4O2/c1-3-4-9-23-13-16(15-5-8-20-17(15)19(23)25)18(24)21-12-14-6-10-22(2)11-7-14/h3-5,8,13-14,20H,6-7,9-12H2,1-2H3,(H,21,24)/b4-3+. The molecule has 0 bridgehead atoms. The Balaban J connectivity index is 1.79. The van der Waals surface area contributed by atoms with Crippen molar-refractivity contribution < 1.29 is 4.79 Å². The number of rotatable bonds is 5. The molecule has 0 atom stereocenters. The highest BCUT2D eigenvalue weighted by atomic mass is 16.2. The molecule has 0 aromatic carbocycles. The van der Waals surface area contributed by atoms with E-state index in [1.807, 2.05) is 19.1 Å². The van der Waals surface area contributed by atoms with Gasteiger partial charge in [-0.2, -0.15) is 0 Å². The van der Waals surface area contributed by atoms with Crippen LogP contribution in [0.1, 0.15) is 30.1 Å². The zero-order chi connectivity index (χ0) is 17.8. The summed E-state index contributed by atoms with van der Waals surface area (Å²) >= 11 is 0. The Morgan fingerprint density at radius 3 is 2.88 bits per heavy atom. The predicted octanol–water partition coefficient (Wildman–Crippen LogP) is 1.98. The first-order chi connectivity index (χ1) is 12.1. The van der Waals surface area contributed by atoms with Crippen molar-refractivity contribution in [2.24, 2.45) is 5.92 Å². The highest BCUT2D eigenvalue weighted by molar-refractivity contribution is 6.05. The Hall–Kier alpha value is -2.34. The third-order valence-electron chi connectivity index (χ3n) is 4.97. The van der Waals surface area contributed by atoms with E-state index >= 15 is 0 Å². The van der Waals surface area contributed by atoms with E-state index in [-0.39, 0.29) is 11.5 Å². The van der Waals surface area contributed by atoms with E-state index in [0.29, 0.717) is 35.5 Å². The number of H-pyrrole nitrogens is 1. The molecule has 1 aliphatic rings. The molecule has 0 unspecified atom stereocenters. The molecule has 3 heterocycles. The number of hydrogen-bond acceptors (Lipinski definition) is 3. The second kappa shape index (κ2) is 7.70. The SMILES string of the molecule is C/C=C/Cn1cc(C(=O)NCC2CCN(C)CC2)c2cc[nH]c2c1=O. The van der Waals surface area contributed by atoms with E-state index in [4.69, 9.17) is 0 Å². The lowest BCUT2D eigenvalue weighted by Crippen LogP contribution is -2.37. The number of carbonyl (C=O) groups excluding carboxylic acids is 1. The number of carbonyl (C=O) groups is 1. The number of hydrogen-bond donors (Lipinski definition) is 2. The lowest BCUT2D eigenvalue weighted by molar-refractivity contribution is 0.0940. The molecule has 0 radical (unpaired) electrons. The number of fused-ring (bicyclic) bond motifs is 1. The molecule has 1 amide bonds. The van der Waals surface area contributed by atoms with Crippen molar-refractivity contribution in [2.75, 3.05) is 26.7 Å². The average Bonchev–Trinajstić information content (AvgIpc) is 3.10. The predicted molar refractivity (Wildman–Crippen MR) is 99.9 cm³/mol. The minimum atomic E-state index is -0.113. The number of pyridine rings is 1. The maximum absolute atomic E-state index is 12.7. The van der Waals surface area contributed by atoms with Gasteiger partial charge in [0.15, 0.2) is 0 Å². The monoisotopic (exact) mass is 342 g/mol. The smallest absolute Gasteiger partial charge is 0.275 e. The first-order valence-corrected chi connectivity index (χ1v) is 8.88. The lowest BCUT2D eigenvalue weighted by Gasteiger charge is -2.28. The maximum Gasteiger partial charge on any atom is 0.275 e. The molecular formula is C19H26N4O2. The van der Waals surface area contributed by atoms with Gasteiger partial charge in [0.2, 0.25) is 0 Å². The molecule has 2 aromatic rings. The Morgan fingerprint density at radius 2 is 2.16 bits per heavy atom. The third kappa shape index (κ3) is 3.85. The van der Waals surface area contributed by atoms with Crippen molar-refractivity contribution in [3.8, 4) is 0 Å². The number of amides is 1. The van der Waals surface area contributed by atoms with Crippen molar-refractivity contribution in [1.82, 2.24) is 19.8 Å². The Morgan fingerprint density at radius 1 is 1.40 bits per heavy atom. The summed E-state index contributed by atoms with van der Waals surface area (Å²) in [6.45, 7) is 5.22. The van der Waals surface area contributed by atoms with Gasteiger partial charge < -0.3 is 19.8 Å². The number of nitrogens with one attached hydrogen (secondary N) is 2. The molecule has 2 aromatic heterocycles. The van der Waals surface area contributed by atoms with E-state index in [1.54, 1.807) is 23.0 Å². The Bertz CT molecular complexity index is 826. The van der Waals surface area contributed by atoms with Gasteiger partial charge in [-0.25, -0.2) is 0 Å². The number of likely N-dealkylation sites (tertiary alicyclic amines) is 1. The van der Waals surface area contributed by atoms with Crippen LogP contribution < -0.4 is 10.9 Å². The van der Waals surface area contributed by atoms with Crippen LogP contribution in [0.4, 0.5) is 0 Å². The number of nitrogens with zero attached hydrogens (tertiary/aromatic N) is 2. The van der Waals surface area contributed by atoms with Crippen LogP contribution in [0.2, 0.25) is 0 Å². The minimum absolute atomic E-state index is 0.107. The molecule has 0 spiro atoms. The molecule has 3 rings (SSSR count). The molecule has 6 heteroatoms. The van der Waals surface area contributed by atoms with Gasteiger partial charge >= 0.3 is 0 Å². The van der Waals surface area contributed by atoms with E-state index in [1.165, 1.54) is 0 Å². The summed E-state index contributed by atoms with van der Waals surface area (Å²) in [5.41, 5.74) is 0.926. The molecule has 0 saturated carbocycles. The first kappa shape index (κ1) is 17.5. The van der Waals surface area contributed by atoms with Crippen LogP contribution in [0.3, 0.4) is 0 Å². The van der Waals surface area contributed by atoms with Crippen molar-refractivity contribution in [3.05, 3.63) is 46.5 Å². The van der Waals surface area contributed by atoms with Crippen LogP contribution in [-0.4, -0.2) is 47.0 Å². The molecule has 1 saturated heterocycles. The average molecular weight is 342 g/mol. The van der Waals surface area contributed by atoms with E-state index in [9.17, 15) is 9.59 Å². The van der Waals surface area contributed by atoms with Crippen LogP contribution in [-0.2, 0) is 6.54 Å². The van der Waals surface area contributed by atoms with Crippen molar-refractivity contribution >= 4 is 16.8 Å². The summed E-state index contributed by atoms with van der Waals surface area (Å²) < 4.78 is 1.57. The van der Waals surface area contributed by atoms with Crippen molar-refractivity contribution in [1.29, 1.82) is 0 Å². The van der Waals surface area contributed by atoms with Crippen molar-refractivity contribution in [2.45, 2.75) is 26.3 Å². The molecule has 0 aliphatic carbocycles. The molecule has 134 valence electrons. The largest absolute Gasteiger partial charge is 0.357 e. The fourth-order valence-electron chi connectivity index (χ4n) is 3.33. The fraction of sp³-hybridized carbons (Fsp3) is 0.474. The summed E-state index contributed by atoms with van der Waals surface area (Å²) in [6, 6.07) is 1.79. The van der Waals surface area contributed by atoms with Gasteiger partial charge in [0.25, 0.3) is 11.5 Å². The third-order valence-corrected chi connectivity index (χ3v) is 4.97. The normalized spacial score (nSPS) is 16.7. The minimum Gasteiger partial charge on any atom is -0.357 e. The summed E-state index contributed by atoms with van der Waals surface area (Å²) in [6.07, 6.45) is 9.39. The van der Waals surface area contributed by atoms with Gasteiger partial charge in [0.05, 0.1) is 5.56 Å². The molecule has 2 N–H and O–H groups in total. The van der Waals surface area contributed by atoms with Crippen LogP contribution in [0.25, 0.3) is 10.9 Å². The zero-order valence-electron chi connectivity index (χ0n) is 14.9.